The van der Waals surface area contributed by atoms with Crippen molar-refractivity contribution in [1.29, 1.82) is 0 Å². The highest BCUT2D eigenvalue weighted by molar-refractivity contribution is 5.79. The van der Waals surface area contributed by atoms with Gasteiger partial charge in [0.1, 0.15) is 5.82 Å². The molecule has 7 heteroatoms. The van der Waals surface area contributed by atoms with Gasteiger partial charge < -0.3 is 20.3 Å². The summed E-state index contributed by atoms with van der Waals surface area (Å²) in [6.45, 7) is 15.1. The van der Waals surface area contributed by atoms with Gasteiger partial charge in [-0.1, -0.05) is 13.8 Å². The minimum absolute atomic E-state index is 0.500. The summed E-state index contributed by atoms with van der Waals surface area (Å²) >= 11 is 0. The van der Waals surface area contributed by atoms with Crippen molar-refractivity contribution in [3.8, 4) is 0 Å². The van der Waals surface area contributed by atoms with Crippen LogP contribution in [0.15, 0.2) is 23.3 Å². The van der Waals surface area contributed by atoms with Gasteiger partial charge in [0.25, 0.3) is 0 Å². The first-order valence-electron chi connectivity index (χ1n) is 11.7. The van der Waals surface area contributed by atoms with Crippen LogP contribution in [0.5, 0.6) is 0 Å². The van der Waals surface area contributed by atoms with E-state index in [1.54, 1.807) is 0 Å². The SMILES string of the molecule is CCNC(=NCc1ccnc(N2CCCC2)c1)NCC(CC(C)C)N1CCOCC1. The number of aromatic nitrogens is 1. The van der Waals surface area contributed by atoms with Gasteiger partial charge in [0.15, 0.2) is 5.96 Å². The summed E-state index contributed by atoms with van der Waals surface area (Å²) in [6, 6.07) is 4.76. The topological polar surface area (TPSA) is 65.0 Å². The Labute approximate surface area is 182 Å². The highest BCUT2D eigenvalue weighted by Gasteiger charge is 2.22. The predicted molar refractivity (Wildman–Crippen MR) is 124 cm³/mol. The van der Waals surface area contributed by atoms with E-state index in [9.17, 15) is 0 Å². The largest absolute Gasteiger partial charge is 0.379 e. The van der Waals surface area contributed by atoms with Gasteiger partial charge in [0.05, 0.1) is 19.8 Å². The molecule has 0 bridgehead atoms. The standard InChI is InChI=1S/C23H40N6O/c1-4-24-23(27-18-21(15-19(2)3)28-11-13-30-14-12-28)26-17-20-7-8-25-22(16-20)29-9-5-6-10-29/h7-8,16,19,21H,4-6,9-15,17-18H2,1-3H3,(H2,24,26,27). The summed E-state index contributed by atoms with van der Waals surface area (Å²) in [7, 11) is 0. The van der Waals surface area contributed by atoms with Crippen LogP contribution in [0.1, 0.15) is 45.6 Å². The zero-order valence-corrected chi connectivity index (χ0v) is 19.1. The number of pyridine rings is 1. The minimum atomic E-state index is 0.500. The first-order valence-corrected chi connectivity index (χ1v) is 11.7. The van der Waals surface area contributed by atoms with E-state index >= 15 is 0 Å². The molecule has 2 saturated heterocycles. The summed E-state index contributed by atoms with van der Waals surface area (Å²) in [4.78, 5) is 14.3. The molecular weight excluding hydrogens is 376 g/mol. The molecule has 30 heavy (non-hydrogen) atoms. The maximum Gasteiger partial charge on any atom is 0.191 e. The second-order valence-corrected chi connectivity index (χ2v) is 8.72. The number of nitrogens with zero attached hydrogens (tertiary/aromatic N) is 4. The fraction of sp³-hybridized carbons (Fsp3) is 0.739. The maximum absolute atomic E-state index is 5.55. The van der Waals surface area contributed by atoms with Crippen molar-refractivity contribution in [2.45, 2.75) is 52.6 Å². The molecular formula is C23H40N6O. The van der Waals surface area contributed by atoms with E-state index in [-0.39, 0.29) is 0 Å². The van der Waals surface area contributed by atoms with Crippen molar-refractivity contribution >= 4 is 11.8 Å². The van der Waals surface area contributed by atoms with Gasteiger partial charge in [0.2, 0.25) is 0 Å². The Morgan fingerprint density at radius 2 is 1.93 bits per heavy atom. The quantitative estimate of drug-likeness (QED) is 0.476. The summed E-state index contributed by atoms with van der Waals surface area (Å²) in [5.74, 6) is 2.64. The van der Waals surface area contributed by atoms with E-state index in [0.29, 0.717) is 18.5 Å². The molecule has 7 nitrogen and oxygen atoms in total. The Morgan fingerprint density at radius 1 is 1.17 bits per heavy atom. The molecule has 0 amide bonds. The average Bonchev–Trinajstić information content (AvgIpc) is 3.30. The molecule has 1 aromatic heterocycles. The van der Waals surface area contributed by atoms with Crippen LogP contribution in [0.3, 0.4) is 0 Å². The lowest BCUT2D eigenvalue weighted by Gasteiger charge is -2.35. The number of hydrogen-bond acceptors (Lipinski definition) is 5. The molecule has 2 aliphatic rings. The Morgan fingerprint density at radius 3 is 2.63 bits per heavy atom. The first kappa shape index (κ1) is 22.8. The lowest BCUT2D eigenvalue weighted by Crippen LogP contribution is -2.51. The molecule has 1 aromatic rings. The van der Waals surface area contributed by atoms with E-state index in [0.717, 1.165) is 64.3 Å². The molecule has 1 atom stereocenters. The second-order valence-electron chi connectivity index (χ2n) is 8.72. The molecule has 0 radical (unpaired) electrons. The monoisotopic (exact) mass is 416 g/mol. The third kappa shape index (κ3) is 7.13. The van der Waals surface area contributed by atoms with E-state index in [1.807, 2.05) is 6.20 Å². The lowest BCUT2D eigenvalue weighted by atomic mass is 10.0. The average molecular weight is 417 g/mol. The van der Waals surface area contributed by atoms with Crippen molar-refractivity contribution in [2.75, 3.05) is 57.4 Å². The van der Waals surface area contributed by atoms with Crippen molar-refractivity contribution in [3.63, 3.8) is 0 Å². The summed E-state index contributed by atoms with van der Waals surface area (Å²) in [5, 5.41) is 7.00. The molecule has 0 saturated carbocycles. The van der Waals surface area contributed by atoms with E-state index < -0.39 is 0 Å². The zero-order chi connectivity index (χ0) is 21.2. The maximum atomic E-state index is 5.55. The second kappa shape index (κ2) is 12.1. The van der Waals surface area contributed by atoms with E-state index in [4.69, 9.17) is 9.73 Å². The van der Waals surface area contributed by atoms with Gasteiger partial charge in [-0.05, 0) is 49.8 Å². The fourth-order valence-corrected chi connectivity index (χ4v) is 4.25. The Kier molecular flexibility index (Phi) is 9.21. The van der Waals surface area contributed by atoms with Crippen LogP contribution in [0.25, 0.3) is 0 Å². The predicted octanol–water partition coefficient (Wildman–Crippen LogP) is 2.48. The highest BCUT2D eigenvalue weighted by Crippen LogP contribution is 2.19. The number of ether oxygens (including phenoxy) is 1. The number of morpholine rings is 1. The number of aliphatic imine (C=N–C) groups is 1. The van der Waals surface area contributed by atoms with Gasteiger partial charge in [-0.15, -0.1) is 0 Å². The Hall–Kier alpha value is -1.86. The van der Waals surface area contributed by atoms with Gasteiger partial charge in [-0.3, -0.25) is 4.90 Å². The summed E-state index contributed by atoms with van der Waals surface area (Å²) in [6.07, 6.45) is 5.62. The number of anilines is 1. The molecule has 0 aromatic carbocycles. The van der Waals surface area contributed by atoms with Crippen molar-refractivity contribution < 1.29 is 4.74 Å². The number of nitrogens with one attached hydrogen (secondary N) is 2. The fourth-order valence-electron chi connectivity index (χ4n) is 4.25. The van der Waals surface area contributed by atoms with Crippen LogP contribution in [-0.2, 0) is 11.3 Å². The highest BCUT2D eigenvalue weighted by atomic mass is 16.5. The summed E-state index contributed by atoms with van der Waals surface area (Å²) < 4.78 is 5.55. The van der Waals surface area contributed by atoms with Gasteiger partial charge in [0, 0.05) is 51.5 Å². The van der Waals surface area contributed by atoms with Crippen LogP contribution in [0, 0.1) is 5.92 Å². The third-order valence-electron chi connectivity index (χ3n) is 5.81. The minimum Gasteiger partial charge on any atom is -0.379 e. The first-order chi connectivity index (χ1) is 14.7. The molecule has 0 spiro atoms. The Balaban J connectivity index is 1.59. The molecule has 1 unspecified atom stereocenters. The smallest absolute Gasteiger partial charge is 0.191 e. The number of rotatable bonds is 9. The Bertz CT molecular complexity index is 653. The summed E-state index contributed by atoms with van der Waals surface area (Å²) in [5.41, 5.74) is 1.20. The van der Waals surface area contributed by atoms with Crippen LogP contribution in [-0.4, -0.2) is 74.4 Å². The van der Waals surface area contributed by atoms with Crippen molar-refractivity contribution in [1.82, 2.24) is 20.5 Å². The molecule has 3 rings (SSSR count). The number of guanidine groups is 1. The van der Waals surface area contributed by atoms with Crippen LogP contribution in [0.2, 0.25) is 0 Å². The van der Waals surface area contributed by atoms with Crippen molar-refractivity contribution in [3.05, 3.63) is 23.9 Å². The van der Waals surface area contributed by atoms with E-state index in [2.05, 4.69) is 58.3 Å². The number of hydrogen-bond donors (Lipinski definition) is 2. The van der Waals surface area contributed by atoms with Gasteiger partial charge in [-0.25, -0.2) is 9.98 Å². The molecule has 3 heterocycles. The van der Waals surface area contributed by atoms with Crippen LogP contribution in [0.4, 0.5) is 5.82 Å². The van der Waals surface area contributed by atoms with Gasteiger partial charge in [-0.2, -0.15) is 0 Å². The molecule has 2 aliphatic heterocycles. The third-order valence-corrected chi connectivity index (χ3v) is 5.81. The van der Waals surface area contributed by atoms with Crippen LogP contribution < -0.4 is 15.5 Å². The molecule has 168 valence electrons. The van der Waals surface area contributed by atoms with Gasteiger partial charge >= 0.3 is 0 Å². The van der Waals surface area contributed by atoms with Crippen molar-refractivity contribution in [2.24, 2.45) is 10.9 Å². The molecule has 2 N–H and O–H groups in total. The normalized spacial score (nSPS) is 19.3. The zero-order valence-electron chi connectivity index (χ0n) is 19.1. The molecule has 0 aliphatic carbocycles. The lowest BCUT2D eigenvalue weighted by molar-refractivity contribution is 0.0132. The van der Waals surface area contributed by atoms with E-state index in [1.165, 1.54) is 24.8 Å². The molecule has 2 fully saturated rings. The van der Waals surface area contributed by atoms with Crippen LogP contribution >= 0.6 is 0 Å².